The van der Waals surface area contributed by atoms with Crippen LogP contribution in [0.1, 0.15) is 5.56 Å². The van der Waals surface area contributed by atoms with Crippen molar-refractivity contribution in [1.82, 2.24) is 9.88 Å². The van der Waals surface area contributed by atoms with Gasteiger partial charge < -0.3 is 25.2 Å². The van der Waals surface area contributed by atoms with Crippen molar-refractivity contribution < 1.29 is 4.74 Å². The number of ether oxygens (including phenoxy) is 1. The lowest BCUT2D eigenvalue weighted by atomic mass is 10.1. The Morgan fingerprint density at radius 2 is 1.82 bits per heavy atom. The van der Waals surface area contributed by atoms with Crippen LogP contribution in [0.25, 0.3) is 0 Å². The molecule has 1 aromatic carbocycles. The van der Waals surface area contributed by atoms with Crippen LogP contribution in [0.2, 0.25) is 0 Å². The van der Waals surface area contributed by atoms with Gasteiger partial charge in [-0.1, -0.05) is 18.2 Å². The maximum absolute atomic E-state index is 6.30. The molecule has 2 N–H and O–H groups in total. The summed E-state index contributed by atoms with van der Waals surface area (Å²) in [7, 11) is 0. The van der Waals surface area contributed by atoms with Crippen molar-refractivity contribution in [2.24, 2.45) is 10.7 Å². The average Bonchev–Trinajstić information content (AvgIpc) is 3.28. The van der Waals surface area contributed by atoms with E-state index in [1.807, 2.05) is 11.6 Å². The van der Waals surface area contributed by atoms with E-state index in [1.54, 1.807) is 11.3 Å². The topological polar surface area (TPSA) is 70.2 Å². The van der Waals surface area contributed by atoms with Gasteiger partial charge in [0.2, 0.25) is 0 Å². The van der Waals surface area contributed by atoms with E-state index < -0.39 is 0 Å². The third kappa shape index (κ3) is 5.06. The molecule has 3 heterocycles. The van der Waals surface area contributed by atoms with Crippen LogP contribution in [0.3, 0.4) is 0 Å². The third-order valence-electron chi connectivity index (χ3n) is 5.05. The zero-order valence-corrected chi connectivity index (χ0v) is 19.0. The largest absolute Gasteiger partial charge is 0.378 e. The number of anilines is 2. The molecule has 9 heteroatoms. The lowest BCUT2D eigenvalue weighted by Gasteiger charge is -2.35. The summed E-state index contributed by atoms with van der Waals surface area (Å²) in [5.74, 6) is 0.630. The highest BCUT2D eigenvalue weighted by Gasteiger charge is 2.20. The standard InChI is InChI=1S/C19H26N6OS.HI/c20-18(24-6-8-25(9-7-24)19-21-5-14-27-19)22-15-16-3-1-2-4-17(16)23-10-12-26-13-11-23;/h1-5,14H,6-13,15H2,(H2,20,22);1H. The van der Waals surface area contributed by atoms with E-state index in [2.05, 4.69) is 43.9 Å². The van der Waals surface area contributed by atoms with Crippen molar-refractivity contribution in [2.75, 3.05) is 62.3 Å². The molecule has 0 spiro atoms. The molecule has 0 saturated carbocycles. The summed E-state index contributed by atoms with van der Waals surface area (Å²) >= 11 is 1.68. The van der Waals surface area contributed by atoms with Crippen LogP contribution in [0.15, 0.2) is 40.8 Å². The number of morpholine rings is 1. The molecule has 0 unspecified atom stereocenters. The number of hydrogen-bond acceptors (Lipinski definition) is 6. The van der Waals surface area contributed by atoms with Gasteiger partial charge in [0, 0.05) is 56.5 Å². The van der Waals surface area contributed by atoms with E-state index in [4.69, 9.17) is 15.5 Å². The van der Waals surface area contributed by atoms with Crippen LogP contribution in [0.5, 0.6) is 0 Å². The second-order valence-electron chi connectivity index (χ2n) is 6.69. The van der Waals surface area contributed by atoms with Crippen molar-refractivity contribution in [2.45, 2.75) is 6.54 Å². The Labute approximate surface area is 187 Å². The Morgan fingerprint density at radius 3 is 2.54 bits per heavy atom. The van der Waals surface area contributed by atoms with Crippen LogP contribution in [-0.4, -0.2) is 68.3 Å². The second kappa shape index (κ2) is 10.3. The van der Waals surface area contributed by atoms with Crippen LogP contribution in [0, 0.1) is 0 Å². The smallest absolute Gasteiger partial charge is 0.191 e. The lowest BCUT2D eigenvalue weighted by molar-refractivity contribution is 0.122. The molecule has 28 heavy (non-hydrogen) atoms. The molecule has 0 amide bonds. The Kier molecular flexibility index (Phi) is 7.74. The van der Waals surface area contributed by atoms with Crippen molar-refractivity contribution in [3.63, 3.8) is 0 Å². The summed E-state index contributed by atoms with van der Waals surface area (Å²) in [4.78, 5) is 15.9. The Hall–Kier alpha value is -1.59. The first-order chi connectivity index (χ1) is 13.3. The normalized spacial score (nSPS) is 18.1. The van der Waals surface area contributed by atoms with Gasteiger partial charge in [0.1, 0.15) is 0 Å². The first kappa shape index (κ1) is 21.1. The molecule has 4 rings (SSSR count). The van der Waals surface area contributed by atoms with E-state index in [9.17, 15) is 0 Å². The summed E-state index contributed by atoms with van der Waals surface area (Å²) in [5, 5.41) is 3.10. The first-order valence-corrected chi connectivity index (χ1v) is 10.3. The number of nitrogens with two attached hydrogens (primary N) is 1. The van der Waals surface area contributed by atoms with Crippen LogP contribution in [0.4, 0.5) is 10.8 Å². The molecule has 0 bridgehead atoms. The highest BCUT2D eigenvalue weighted by molar-refractivity contribution is 14.0. The zero-order chi connectivity index (χ0) is 18.5. The van der Waals surface area contributed by atoms with Crippen LogP contribution < -0.4 is 15.5 Å². The minimum absolute atomic E-state index is 0. The molecule has 0 radical (unpaired) electrons. The van der Waals surface area contributed by atoms with Gasteiger partial charge in [0.05, 0.1) is 19.8 Å². The van der Waals surface area contributed by atoms with Gasteiger partial charge in [-0.05, 0) is 11.6 Å². The molecule has 152 valence electrons. The maximum atomic E-state index is 6.30. The number of hydrogen-bond donors (Lipinski definition) is 1. The molecule has 2 aliphatic heterocycles. The number of nitrogens with zero attached hydrogens (tertiary/aromatic N) is 5. The molecule has 2 aromatic rings. The first-order valence-electron chi connectivity index (χ1n) is 9.41. The van der Waals surface area contributed by atoms with Crippen molar-refractivity contribution in [3.8, 4) is 0 Å². The summed E-state index contributed by atoms with van der Waals surface area (Å²) in [6, 6.07) is 8.46. The quantitative estimate of drug-likeness (QED) is 0.384. The fraction of sp³-hybridized carbons (Fsp3) is 0.474. The molecule has 0 aliphatic carbocycles. The van der Waals surface area contributed by atoms with Gasteiger partial charge >= 0.3 is 0 Å². The number of rotatable bonds is 4. The van der Waals surface area contributed by atoms with Crippen molar-refractivity contribution >= 4 is 52.1 Å². The molecular weight excluding hydrogens is 487 g/mol. The summed E-state index contributed by atoms with van der Waals surface area (Å²) in [6.07, 6.45) is 1.86. The number of thiazole rings is 1. The van der Waals surface area contributed by atoms with Crippen molar-refractivity contribution in [1.29, 1.82) is 0 Å². The van der Waals surface area contributed by atoms with Crippen LogP contribution >= 0.6 is 35.3 Å². The van der Waals surface area contributed by atoms with Gasteiger partial charge in [0.15, 0.2) is 11.1 Å². The van der Waals surface area contributed by atoms with Crippen LogP contribution in [-0.2, 0) is 11.3 Å². The van der Waals surface area contributed by atoms with Gasteiger partial charge in [-0.15, -0.1) is 35.3 Å². The molecule has 2 fully saturated rings. The minimum atomic E-state index is 0. The van der Waals surface area contributed by atoms with Gasteiger partial charge in [0.25, 0.3) is 0 Å². The summed E-state index contributed by atoms with van der Waals surface area (Å²) < 4.78 is 5.47. The van der Waals surface area contributed by atoms with Gasteiger partial charge in [-0.25, -0.2) is 9.98 Å². The third-order valence-corrected chi connectivity index (χ3v) is 5.88. The molecule has 0 atom stereocenters. The van der Waals surface area contributed by atoms with E-state index in [0.717, 1.165) is 57.6 Å². The van der Waals surface area contributed by atoms with Gasteiger partial charge in [-0.2, -0.15) is 0 Å². The molecule has 2 aliphatic rings. The highest BCUT2D eigenvalue weighted by Crippen LogP contribution is 2.22. The Balaban J connectivity index is 0.00000225. The van der Waals surface area contributed by atoms with Crippen molar-refractivity contribution in [3.05, 3.63) is 41.4 Å². The van der Waals surface area contributed by atoms with E-state index in [0.29, 0.717) is 12.5 Å². The minimum Gasteiger partial charge on any atom is -0.378 e. The second-order valence-corrected chi connectivity index (χ2v) is 7.56. The summed E-state index contributed by atoms with van der Waals surface area (Å²) in [5.41, 5.74) is 8.75. The Bertz CT molecular complexity index is 758. The number of guanidine groups is 1. The van der Waals surface area contributed by atoms with Gasteiger partial charge in [-0.3, -0.25) is 0 Å². The number of aliphatic imine (C=N–C) groups is 1. The monoisotopic (exact) mass is 514 g/mol. The number of halogens is 1. The molecule has 2 saturated heterocycles. The number of aromatic nitrogens is 1. The summed E-state index contributed by atoms with van der Waals surface area (Å²) in [6.45, 7) is 7.62. The fourth-order valence-electron chi connectivity index (χ4n) is 3.52. The molecule has 1 aromatic heterocycles. The van der Waals surface area contributed by atoms with E-state index in [-0.39, 0.29) is 24.0 Å². The molecule has 7 nitrogen and oxygen atoms in total. The average molecular weight is 514 g/mol. The van der Waals surface area contributed by atoms with E-state index in [1.165, 1.54) is 11.3 Å². The lowest BCUT2D eigenvalue weighted by Crippen LogP contribution is -2.51. The fourth-order valence-corrected chi connectivity index (χ4v) is 4.22. The predicted octanol–water partition coefficient (Wildman–Crippen LogP) is 2.23. The highest BCUT2D eigenvalue weighted by atomic mass is 127. The molecular formula is C19H27IN6OS. The SMILES string of the molecule is I.NC(=NCc1ccccc1N1CCOCC1)N1CCN(c2nccs2)CC1. The maximum Gasteiger partial charge on any atom is 0.191 e. The number of piperazine rings is 1. The van der Waals surface area contributed by atoms with E-state index >= 15 is 0 Å². The predicted molar refractivity (Wildman–Crippen MR) is 126 cm³/mol. The number of para-hydroxylation sites is 1. The Morgan fingerprint density at radius 1 is 1.07 bits per heavy atom. The zero-order valence-electron chi connectivity index (χ0n) is 15.9. The number of benzene rings is 1.